The molecule has 2 amide bonds. The summed E-state index contributed by atoms with van der Waals surface area (Å²) < 4.78 is 33.1. The van der Waals surface area contributed by atoms with E-state index in [1.165, 1.54) is 11.4 Å². The van der Waals surface area contributed by atoms with Crippen LogP contribution in [0.1, 0.15) is 61.9 Å². The number of sulfonamides is 1. The number of nitrogens with one attached hydrogen (secondary N) is 2. The van der Waals surface area contributed by atoms with Crippen LogP contribution >= 0.6 is 0 Å². The van der Waals surface area contributed by atoms with Gasteiger partial charge in [0, 0.05) is 25.6 Å². The second-order valence-electron chi connectivity index (χ2n) is 8.81. The van der Waals surface area contributed by atoms with Crippen LogP contribution in [0.15, 0.2) is 47.4 Å². The fraction of sp³-hybridized carbons (Fsp3) is 0.462. The molecule has 35 heavy (non-hydrogen) atoms. The van der Waals surface area contributed by atoms with Crippen LogP contribution in [0.4, 0.5) is 5.69 Å². The van der Waals surface area contributed by atoms with E-state index >= 15 is 0 Å². The predicted octanol–water partition coefficient (Wildman–Crippen LogP) is 3.97. The molecule has 1 aliphatic heterocycles. The Morgan fingerprint density at radius 2 is 1.80 bits per heavy atom. The highest BCUT2D eigenvalue weighted by molar-refractivity contribution is 7.89. The van der Waals surface area contributed by atoms with Gasteiger partial charge in [0.1, 0.15) is 5.75 Å². The minimum Gasteiger partial charge on any atom is -0.496 e. The first-order chi connectivity index (χ1) is 16.8. The number of benzene rings is 2. The van der Waals surface area contributed by atoms with E-state index in [1.54, 1.807) is 42.5 Å². The molecular weight excluding hydrogens is 466 g/mol. The van der Waals surface area contributed by atoms with Gasteiger partial charge in [0.2, 0.25) is 15.9 Å². The van der Waals surface area contributed by atoms with Gasteiger partial charge >= 0.3 is 0 Å². The molecule has 1 unspecified atom stereocenters. The Kier molecular flexibility index (Phi) is 9.28. The first-order valence-corrected chi connectivity index (χ1v) is 13.6. The van der Waals surface area contributed by atoms with Gasteiger partial charge in [0.25, 0.3) is 5.91 Å². The lowest BCUT2D eigenvalue weighted by atomic mass is 10.1. The van der Waals surface area contributed by atoms with Crippen molar-refractivity contribution in [2.75, 3.05) is 25.5 Å². The first kappa shape index (κ1) is 26.7. The molecule has 1 atom stereocenters. The Hall–Kier alpha value is -2.91. The average Bonchev–Trinajstić information content (AvgIpc) is 2.87. The minimum absolute atomic E-state index is 0.0206. The van der Waals surface area contributed by atoms with Gasteiger partial charge < -0.3 is 15.4 Å². The normalized spacial score (nSPS) is 15.3. The van der Waals surface area contributed by atoms with Crippen LogP contribution < -0.4 is 15.4 Å². The third-order valence-electron chi connectivity index (χ3n) is 6.26. The summed E-state index contributed by atoms with van der Waals surface area (Å²) in [6.07, 6.45) is 3.95. The summed E-state index contributed by atoms with van der Waals surface area (Å²) in [7, 11) is -2.07. The number of ether oxygens (including phenoxy) is 1. The van der Waals surface area contributed by atoms with Crippen LogP contribution in [0.25, 0.3) is 0 Å². The van der Waals surface area contributed by atoms with Crippen LogP contribution in [0, 0.1) is 0 Å². The molecule has 1 aliphatic rings. The zero-order valence-corrected chi connectivity index (χ0v) is 21.5. The Morgan fingerprint density at radius 1 is 1.09 bits per heavy atom. The topological polar surface area (TPSA) is 105 Å². The highest BCUT2D eigenvalue weighted by atomic mass is 32.2. The monoisotopic (exact) mass is 501 g/mol. The van der Waals surface area contributed by atoms with Crippen LogP contribution in [0.5, 0.6) is 5.75 Å². The van der Waals surface area contributed by atoms with Crippen LogP contribution in [0.2, 0.25) is 0 Å². The molecule has 2 aromatic carbocycles. The summed E-state index contributed by atoms with van der Waals surface area (Å²) in [6.45, 7) is 4.96. The number of rotatable bonds is 10. The zero-order chi connectivity index (χ0) is 25.4. The Labute approximate surface area is 208 Å². The molecule has 2 aromatic rings. The van der Waals surface area contributed by atoms with Gasteiger partial charge in [-0.25, -0.2) is 8.42 Å². The standard InChI is InChI=1S/C26H35N3O5S/c1-4-19(2)27-26(31)22-10-6-7-11-23(22)28-25(30)15-12-20-18-21(13-14-24(20)34-3)35(32,33)29-16-8-5-9-17-29/h6-7,10-11,13-14,18-19H,4-5,8-9,12,15-17H2,1-3H3,(H,27,31)(H,28,30). The molecule has 0 bridgehead atoms. The van der Waals surface area contributed by atoms with E-state index in [9.17, 15) is 18.0 Å². The molecule has 8 nitrogen and oxygen atoms in total. The number of amides is 2. The van der Waals surface area contributed by atoms with E-state index < -0.39 is 10.0 Å². The number of methoxy groups -OCH3 is 1. The highest BCUT2D eigenvalue weighted by Gasteiger charge is 2.26. The number of carbonyl (C=O) groups is 2. The molecule has 3 rings (SSSR count). The number of nitrogens with zero attached hydrogens (tertiary/aromatic N) is 1. The van der Waals surface area contributed by atoms with E-state index in [0.29, 0.717) is 42.1 Å². The molecule has 1 saturated heterocycles. The number of carbonyl (C=O) groups excluding carboxylic acids is 2. The van der Waals surface area contributed by atoms with E-state index in [2.05, 4.69) is 10.6 Å². The molecule has 0 aromatic heterocycles. The predicted molar refractivity (Wildman–Crippen MR) is 136 cm³/mol. The second kappa shape index (κ2) is 12.2. The van der Waals surface area contributed by atoms with Crippen LogP contribution in [-0.4, -0.2) is 50.8 Å². The lowest BCUT2D eigenvalue weighted by molar-refractivity contribution is -0.116. The fourth-order valence-corrected chi connectivity index (χ4v) is 5.59. The van der Waals surface area contributed by atoms with Crippen molar-refractivity contribution in [3.05, 3.63) is 53.6 Å². The molecule has 1 fully saturated rings. The third-order valence-corrected chi connectivity index (χ3v) is 8.16. The van der Waals surface area contributed by atoms with Crippen LogP contribution in [-0.2, 0) is 21.2 Å². The zero-order valence-electron chi connectivity index (χ0n) is 20.7. The van der Waals surface area contributed by atoms with Gasteiger partial charge in [0.05, 0.1) is 23.3 Å². The van der Waals surface area contributed by atoms with Gasteiger partial charge in [0.15, 0.2) is 0 Å². The van der Waals surface area contributed by atoms with Crippen molar-refractivity contribution in [1.29, 1.82) is 0 Å². The van der Waals surface area contributed by atoms with Crippen molar-refractivity contribution in [2.24, 2.45) is 0 Å². The van der Waals surface area contributed by atoms with Gasteiger partial charge in [-0.2, -0.15) is 4.31 Å². The second-order valence-corrected chi connectivity index (χ2v) is 10.8. The molecule has 0 saturated carbocycles. The Balaban J connectivity index is 1.71. The maximum absolute atomic E-state index is 13.1. The molecule has 9 heteroatoms. The van der Waals surface area contributed by atoms with Gasteiger partial charge in [-0.1, -0.05) is 25.5 Å². The molecule has 0 aliphatic carbocycles. The lowest BCUT2D eigenvalue weighted by Crippen LogP contribution is -2.35. The summed E-state index contributed by atoms with van der Waals surface area (Å²) in [6, 6.07) is 11.7. The van der Waals surface area contributed by atoms with Crippen molar-refractivity contribution < 1.29 is 22.7 Å². The largest absolute Gasteiger partial charge is 0.496 e. The lowest BCUT2D eigenvalue weighted by Gasteiger charge is -2.26. The first-order valence-electron chi connectivity index (χ1n) is 12.1. The van der Waals surface area contributed by atoms with E-state index in [-0.39, 0.29) is 29.2 Å². The summed E-state index contributed by atoms with van der Waals surface area (Å²) in [5.74, 6) is 0.0106. The van der Waals surface area contributed by atoms with E-state index in [0.717, 1.165) is 25.7 Å². The maximum Gasteiger partial charge on any atom is 0.253 e. The molecule has 1 heterocycles. The molecular formula is C26H35N3O5S. The van der Waals surface area contributed by atoms with Crippen molar-refractivity contribution in [3.63, 3.8) is 0 Å². The summed E-state index contributed by atoms with van der Waals surface area (Å²) in [4.78, 5) is 25.6. The SMILES string of the molecule is CCC(C)NC(=O)c1ccccc1NC(=O)CCc1cc(S(=O)(=O)N2CCCCC2)ccc1OC. The molecule has 190 valence electrons. The maximum atomic E-state index is 13.1. The fourth-order valence-electron chi connectivity index (χ4n) is 4.02. The van der Waals surface area contributed by atoms with Crippen molar-refractivity contribution in [3.8, 4) is 5.75 Å². The Bertz CT molecular complexity index is 1140. The molecule has 0 radical (unpaired) electrons. The van der Waals surface area contributed by atoms with Crippen LogP contribution in [0.3, 0.4) is 0 Å². The molecule has 0 spiro atoms. The number of para-hydroxylation sites is 1. The smallest absolute Gasteiger partial charge is 0.253 e. The molecule has 2 N–H and O–H groups in total. The number of hydrogen-bond donors (Lipinski definition) is 2. The summed E-state index contributed by atoms with van der Waals surface area (Å²) >= 11 is 0. The van der Waals surface area contributed by atoms with Crippen molar-refractivity contribution in [2.45, 2.75) is 63.3 Å². The van der Waals surface area contributed by atoms with E-state index in [4.69, 9.17) is 4.74 Å². The minimum atomic E-state index is -3.59. The van der Waals surface area contributed by atoms with Gasteiger partial charge in [-0.05, 0) is 68.5 Å². The number of hydrogen-bond acceptors (Lipinski definition) is 5. The Morgan fingerprint density at radius 3 is 2.49 bits per heavy atom. The summed E-state index contributed by atoms with van der Waals surface area (Å²) in [5, 5.41) is 5.73. The third kappa shape index (κ3) is 6.82. The van der Waals surface area contributed by atoms with Gasteiger partial charge in [-0.3, -0.25) is 9.59 Å². The highest BCUT2D eigenvalue weighted by Crippen LogP contribution is 2.27. The number of aryl methyl sites for hydroxylation is 1. The van der Waals surface area contributed by atoms with Crippen molar-refractivity contribution >= 4 is 27.5 Å². The average molecular weight is 502 g/mol. The van der Waals surface area contributed by atoms with E-state index in [1.807, 2.05) is 13.8 Å². The van der Waals surface area contributed by atoms with Crippen molar-refractivity contribution in [1.82, 2.24) is 9.62 Å². The van der Waals surface area contributed by atoms with Gasteiger partial charge in [-0.15, -0.1) is 0 Å². The number of piperidine rings is 1. The quantitative estimate of drug-likeness (QED) is 0.513. The number of anilines is 1. The summed E-state index contributed by atoms with van der Waals surface area (Å²) in [5.41, 5.74) is 1.48.